The summed E-state index contributed by atoms with van der Waals surface area (Å²) in [6.45, 7) is 3.45. The molecule has 0 radical (unpaired) electrons. The average molecular weight is 336 g/mol. The fourth-order valence-electron chi connectivity index (χ4n) is 2.42. The average Bonchev–Trinajstić information content (AvgIpc) is 2.62. The van der Waals surface area contributed by atoms with Gasteiger partial charge in [0.1, 0.15) is 13.2 Å². The van der Waals surface area contributed by atoms with Crippen molar-refractivity contribution < 1.29 is 18.3 Å². The smallest absolute Gasteiger partial charge is 0.257 e. The molecule has 3 rings (SSSR count). The van der Waals surface area contributed by atoms with Gasteiger partial charge in [-0.25, -0.2) is 18.7 Å². The number of halogens is 2. The van der Waals surface area contributed by atoms with Crippen LogP contribution >= 0.6 is 0 Å². The highest BCUT2D eigenvalue weighted by Gasteiger charge is 2.17. The van der Waals surface area contributed by atoms with E-state index in [4.69, 9.17) is 9.47 Å². The number of hydrogen-bond donors (Lipinski definition) is 1. The highest BCUT2D eigenvalue weighted by Crippen LogP contribution is 2.23. The van der Waals surface area contributed by atoms with Crippen molar-refractivity contribution in [3.05, 3.63) is 42.2 Å². The van der Waals surface area contributed by atoms with E-state index in [1.807, 2.05) is 0 Å². The molecule has 0 aliphatic carbocycles. The molecule has 1 N–H and O–H groups in total. The van der Waals surface area contributed by atoms with Crippen molar-refractivity contribution in [2.75, 3.05) is 44.3 Å². The normalized spacial score (nSPS) is 14.5. The number of benzene rings is 1. The summed E-state index contributed by atoms with van der Waals surface area (Å²) in [4.78, 5) is 10.6. The summed E-state index contributed by atoms with van der Waals surface area (Å²) < 4.78 is 37.6. The number of rotatable bonds is 6. The van der Waals surface area contributed by atoms with Crippen molar-refractivity contribution in [2.45, 2.75) is 0 Å². The monoisotopic (exact) mass is 336 g/mol. The van der Waals surface area contributed by atoms with Gasteiger partial charge in [0, 0.05) is 38.6 Å². The molecule has 2 heterocycles. The number of anilines is 1. The first kappa shape index (κ1) is 16.4. The summed E-state index contributed by atoms with van der Waals surface area (Å²) in [6, 6.07) is 3.57. The van der Waals surface area contributed by atoms with Gasteiger partial charge >= 0.3 is 0 Å². The molecule has 1 fully saturated rings. The molecule has 1 saturated heterocycles. The first-order valence-corrected chi connectivity index (χ1v) is 7.72. The van der Waals surface area contributed by atoms with Gasteiger partial charge in [-0.2, -0.15) is 0 Å². The van der Waals surface area contributed by atoms with Crippen molar-refractivity contribution in [1.29, 1.82) is 0 Å². The number of nitrogens with one attached hydrogen (secondary N) is 1. The molecule has 0 atom stereocenters. The fraction of sp³-hybridized carbons (Fsp3) is 0.375. The fourth-order valence-corrected chi connectivity index (χ4v) is 2.42. The number of para-hydroxylation sites is 1. The molecule has 2 aromatic rings. The SMILES string of the molecule is Fc1cccc(F)c1OCCOc1nccnc1N1CCNCC1. The molecule has 1 aromatic heterocycles. The van der Waals surface area contributed by atoms with Gasteiger partial charge in [0.15, 0.2) is 23.2 Å². The van der Waals surface area contributed by atoms with E-state index in [0.717, 1.165) is 38.3 Å². The lowest BCUT2D eigenvalue weighted by Gasteiger charge is -2.28. The van der Waals surface area contributed by atoms with E-state index in [1.54, 1.807) is 12.4 Å². The number of piperazine rings is 1. The Balaban J connectivity index is 1.57. The number of hydrogen-bond acceptors (Lipinski definition) is 6. The minimum Gasteiger partial charge on any atom is -0.484 e. The summed E-state index contributed by atoms with van der Waals surface area (Å²) >= 11 is 0. The maximum Gasteiger partial charge on any atom is 0.257 e. The Morgan fingerprint density at radius 3 is 2.42 bits per heavy atom. The maximum absolute atomic E-state index is 13.5. The minimum atomic E-state index is -0.740. The third-order valence-corrected chi connectivity index (χ3v) is 3.55. The van der Waals surface area contributed by atoms with E-state index in [1.165, 1.54) is 6.07 Å². The van der Waals surface area contributed by atoms with E-state index >= 15 is 0 Å². The Labute approximate surface area is 138 Å². The molecule has 8 heteroatoms. The minimum absolute atomic E-state index is 0.00454. The van der Waals surface area contributed by atoms with E-state index in [0.29, 0.717) is 11.7 Å². The molecule has 0 spiro atoms. The third kappa shape index (κ3) is 3.88. The number of ether oxygens (including phenoxy) is 2. The number of nitrogens with zero attached hydrogens (tertiary/aromatic N) is 3. The predicted molar refractivity (Wildman–Crippen MR) is 84.5 cm³/mol. The third-order valence-electron chi connectivity index (χ3n) is 3.55. The zero-order valence-electron chi connectivity index (χ0n) is 13.0. The van der Waals surface area contributed by atoms with Gasteiger partial charge in [-0.05, 0) is 12.1 Å². The van der Waals surface area contributed by atoms with Crippen LogP contribution in [0.1, 0.15) is 0 Å². The quantitative estimate of drug-likeness (QED) is 0.809. The van der Waals surface area contributed by atoms with Gasteiger partial charge in [0.05, 0.1) is 0 Å². The van der Waals surface area contributed by atoms with Crippen molar-refractivity contribution in [3.8, 4) is 11.6 Å². The molecule has 0 unspecified atom stereocenters. The molecular weight excluding hydrogens is 318 g/mol. The standard InChI is InChI=1S/C16H18F2N4O2/c17-12-2-1-3-13(18)14(12)23-10-11-24-16-15(20-4-5-21-16)22-8-6-19-7-9-22/h1-5,19H,6-11H2. The van der Waals surface area contributed by atoms with Crippen molar-refractivity contribution in [2.24, 2.45) is 0 Å². The van der Waals surface area contributed by atoms with Crippen LogP contribution in [0.15, 0.2) is 30.6 Å². The maximum atomic E-state index is 13.5. The van der Waals surface area contributed by atoms with Crippen LogP contribution in [0.5, 0.6) is 11.6 Å². The first-order valence-electron chi connectivity index (χ1n) is 7.72. The Kier molecular flexibility index (Phi) is 5.37. The van der Waals surface area contributed by atoms with Crippen molar-refractivity contribution in [1.82, 2.24) is 15.3 Å². The topological polar surface area (TPSA) is 59.5 Å². The second-order valence-corrected chi connectivity index (χ2v) is 5.17. The summed E-state index contributed by atoms with van der Waals surface area (Å²) in [5.74, 6) is -0.831. The molecular formula is C16H18F2N4O2. The Morgan fingerprint density at radius 1 is 1.00 bits per heavy atom. The second-order valence-electron chi connectivity index (χ2n) is 5.17. The second kappa shape index (κ2) is 7.87. The van der Waals surface area contributed by atoms with Crippen LogP contribution in [0.4, 0.5) is 14.6 Å². The summed E-state index contributed by atoms with van der Waals surface area (Å²) in [7, 11) is 0. The Morgan fingerprint density at radius 2 is 1.67 bits per heavy atom. The molecule has 128 valence electrons. The van der Waals surface area contributed by atoms with E-state index in [2.05, 4.69) is 20.2 Å². The molecule has 0 amide bonds. The van der Waals surface area contributed by atoms with Crippen molar-refractivity contribution in [3.63, 3.8) is 0 Å². The lowest BCUT2D eigenvalue weighted by atomic mass is 10.3. The highest BCUT2D eigenvalue weighted by atomic mass is 19.1. The molecule has 0 saturated carbocycles. The van der Waals surface area contributed by atoms with E-state index < -0.39 is 17.4 Å². The molecule has 1 aliphatic heterocycles. The van der Waals surface area contributed by atoms with Crippen LogP contribution in [-0.2, 0) is 0 Å². The van der Waals surface area contributed by atoms with Crippen LogP contribution in [-0.4, -0.2) is 49.4 Å². The van der Waals surface area contributed by atoms with Crippen LogP contribution < -0.4 is 19.7 Å². The van der Waals surface area contributed by atoms with Crippen LogP contribution in [0.3, 0.4) is 0 Å². The van der Waals surface area contributed by atoms with E-state index in [9.17, 15) is 8.78 Å². The number of aromatic nitrogens is 2. The summed E-state index contributed by atoms with van der Waals surface area (Å²) in [6.07, 6.45) is 3.15. The van der Waals surface area contributed by atoms with Crippen LogP contribution in [0, 0.1) is 11.6 Å². The largest absolute Gasteiger partial charge is 0.484 e. The van der Waals surface area contributed by atoms with Gasteiger partial charge in [-0.15, -0.1) is 0 Å². The van der Waals surface area contributed by atoms with Gasteiger partial charge in [0.25, 0.3) is 5.88 Å². The molecule has 1 aliphatic rings. The van der Waals surface area contributed by atoms with Crippen LogP contribution in [0.2, 0.25) is 0 Å². The van der Waals surface area contributed by atoms with E-state index in [-0.39, 0.29) is 13.2 Å². The Bertz CT molecular complexity index is 661. The zero-order chi connectivity index (χ0) is 16.8. The molecule has 24 heavy (non-hydrogen) atoms. The van der Waals surface area contributed by atoms with Gasteiger partial charge < -0.3 is 19.7 Å². The molecule has 6 nitrogen and oxygen atoms in total. The molecule has 0 bridgehead atoms. The molecule has 1 aromatic carbocycles. The summed E-state index contributed by atoms with van der Waals surface area (Å²) in [5, 5.41) is 3.26. The Hall–Kier alpha value is -2.48. The van der Waals surface area contributed by atoms with Crippen molar-refractivity contribution >= 4 is 5.82 Å². The lowest BCUT2D eigenvalue weighted by molar-refractivity contribution is 0.200. The van der Waals surface area contributed by atoms with Gasteiger partial charge in [-0.1, -0.05) is 6.07 Å². The summed E-state index contributed by atoms with van der Waals surface area (Å²) in [5.41, 5.74) is 0. The zero-order valence-corrected chi connectivity index (χ0v) is 13.0. The van der Waals surface area contributed by atoms with Crippen LogP contribution in [0.25, 0.3) is 0 Å². The highest BCUT2D eigenvalue weighted by molar-refractivity contribution is 5.48. The van der Waals surface area contributed by atoms with Gasteiger partial charge in [0.2, 0.25) is 0 Å². The lowest BCUT2D eigenvalue weighted by Crippen LogP contribution is -2.44. The predicted octanol–water partition coefficient (Wildman–Crippen LogP) is 1.62. The first-order chi connectivity index (χ1) is 11.8. The van der Waals surface area contributed by atoms with Gasteiger partial charge in [-0.3, -0.25) is 0 Å².